The van der Waals surface area contributed by atoms with Crippen molar-refractivity contribution in [1.29, 1.82) is 0 Å². The van der Waals surface area contributed by atoms with Gasteiger partial charge in [-0.25, -0.2) is 4.98 Å². The minimum Gasteiger partial charge on any atom is -0.508 e. The summed E-state index contributed by atoms with van der Waals surface area (Å²) in [5.41, 5.74) is 0. The molecule has 90 valence electrons. The minimum atomic E-state index is 0.197. The van der Waals surface area contributed by atoms with Gasteiger partial charge in [0.25, 0.3) is 0 Å². The van der Waals surface area contributed by atoms with Crippen molar-refractivity contribution in [1.82, 2.24) is 9.55 Å². The van der Waals surface area contributed by atoms with Crippen LogP contribution in [0.1, 0.15) is 12.7 Å². The summed E-state index contributed by atoms with van der Waals surface area (Å²) in [4.78, 5) is 4.25. The number of benzene rings is 1. The van der Waals surface area contributed by atoms with E-state index in [-0.39, 0.29) is 5.75 Å². The lowest BCUT2D eigenvalue weighted by atomic mass is 10.3. The Bertz CT molecular complexity index is 511. The smallest absolute Gasteiger partial charge is 0.147 e. The molecular formula is C12H13BrN2O2. The molecule has 0 amide bonds. The summed E-state index contributed by atoms with van der Waals surface area (Å²) in [5, 5.41) is 9.31. The maximum Gasteiger partial charge on any atom is 0.147 e. The van der Waals surface area contributed by atoms with Gasteiger partial charge in [0.05, 0.1) is 6.20 Å². The van der Waals surface area contributed by atoms with E-state index in [1.165, 1.54) is 0 Å². The number of rotatable bonds is 4. The molecule has 0 radical (unpaired) electrons. The molecule has 0 aliphatic rings. The number of aromatic hydroxyl groups is 1. The Labute approximate surface area is 108 Å². The molecule has 1 heterocycles. The molecule has 0 aliphatic heterocycles. The van der Waals surface area contributed by atoms with Crippen molar-refractivity contribution in [2.75, 3.05) is 0 Å². The Kier molecular flexibility index (Phi) is 3.68. The molecule has 1 aromatic heterocycles. The summed E-state index contributed by atoms with van der Waals surface area (Å²) < 4.78 is 8.52. The van der Waals surface area contributed by atoms with Gasteiger partial charge in [0, 0.05) is 12.6 Å². The number of nitrogens with zero attached hydrogens (tertiary/aromatic N) is 2. The lowest BCUT2D eigenvalue weighted by Gasteiger charge is -2.08. The van der Waals surface area contributed by atoms with Gasteiger partial charge < -0.3 is 14.4 Å². The fourth-order valence-corrected chi connectivity index (χ4v) is 2.12. The highest BCUT2D eigenvalue weighted by Crippen LogP contribution is 2.19. The third kappa shape index (κ3) is 2.79. The molecule has 17 heavy (non-hydrogen) atoms. The number of imidazole rings is 1. The number of hydrogen-bond acceptors (Lipinski definition) is 3. The van der Waals surface area contributed by atoms with Gasteiger partial charge in [0.1, 0.15) is 28.5 Å². The van der Waals surface area contributed by atoms with Crippen molar-refractivity contribution in [3.05, 3.63) is 40.9 Å². The van der Waals surface area contributed by atoms with Crippen molar-refractivity contribution >= 4 is 15.9 Å². The Balaban J connectivity index is 2.07. The van der Waals surface area contributed by atoms with Crippen LogP contribution in [-0.4, -0.2) is 14.7 Å². The molecule has 0 unspecified atom stereocenters. The van der Waals surface area contributed by atoms with E-state index in [1.807, 2.05) is 11.5 Å². The van der Waals surface area contributed by atoms with Gasteiger partial charge in [-0.3, -0.25) is 0 Å². The largest absolute Gasteiger partial charge is 0.508 e. The van der Waals surface area contributed by atoms with Gasteiger partial charge >= 0.3 is 0 Å². The lowest BCUT2D eigenvalue weighted by molar-refractivity contribution is 0.288. The van der Waals surface area contributed by atoms with Crippen molar-refractivity contribution in [3.8, 4) is 11.5 Å². The van der Waals surface area contributed by atoms with Crippen LogP contribution < -0.4 is 4.74 Å². The zero-order valence-electron chi connectivity index (χ0n) is 9.43. The maximum absolute atomic E-state index is 9.31. The van der Waals surface area contributed by atoms with Gasteiger partial charge in [-0.05, 0) is 35.0 Å². The van der Waals surface area contributed by atoms with E-state index in [0.29, 0.717) is 12.4 Å². The second-order valence-corrected chi connectivity index (χ2v) is 4.34. The molecule has 2 aromatic rings. The molecular weight excluding hydrogens is 284 g/mol. The topological polar surface area (TPSA) is 47.3 Å². The van der Waals surface area contributed by atoms with E-state index in [9.17, 15) is 5.11 Å². The predicted molar refractivity (Wildman–Crippen MR) is 68.0 cm³/mol. The summed E-state index contributed by atoms with van der Waals surface area (Å²) in [5.74, 6) is 1.68. The molecule has 1 aromatic carbocycles. The Morgan fingerprint density at radius 1 is 1.47 bits per heavy atom. The number of phenols is 1. The third-order valence-corrected chi connectivity index (χ3v) is 3.02. The number of aromatic nitrogens is 2. The van der Waals surface area contributed by atoms with Gasteiger partial charge in [-0.15, -0.1) is 0 Å². The highest BCUT2D eigenvalue weighted by atomic mass is 79.9. The second kappa shape index (κ2) is 5.23. The fourth-order valence-electron chi connectivity index (χ4n) is 1.56. The van der Waals surface area contributed by atoms with E-state index in [0.717, 1.165) is 17.0 Å². The van der Waals surface area contributed by atoms with Crippen LogP contribution in [0.4, 0.5) is 0 Å². The first-order valence-electron chi connectivity index (χ1n) is 5.32. The number of phenolic OH excluding ortho intramolecular Hbond substituents is 1. The highest BCUT2D eigenvalue weighted by Gasteiger charge is 2.07. The summed E-state index contributed by atoms with van der Waals surface area (Å²) in [7, 11) is 0. The normalized spacial score (nSPS) is 10.5. The molecule has 5 heteroatoms. The van der Waals surface area contributed by atoms with Crippen LogP contribution in [0.15, 0.2) is 35.1 Å². The zero-order chi connectivity index (χ0) is 12.3. The molecule has 4 nitrogen and oxygen atoms in total. The van der Waals surface area contributed by atoms with Crippen molar-refractivity contribution in [3.63, 3.8) is 0 Å². The van der Waals surface area contributed by atoms with Gasteiger partial charge in [0.2, 0.25) is 0 Å². The van der Waals surface area contributed by atoms with Crippen LogP contribution in [0.2, 0.25) is 0 Å². The van der Waals surface area contributed by atoms with Crippen molar-refractivity contribution in [2.24, 2.45) is 0 Å². The average molecular weight is 297 g/mol. The molecule has 0 atom stereocenters. The quantitative estimate of drug-likeness (QED) is 0.944. The molecule has 0 saturated heterocycles. The number of halogens is 1. The van der Waals surface area contributed by atoms with Crippen LogP contribution in [0, 0.1) is 0 Å². The first-order chi connectivity index (χ1) is 8.20. The van der Waals surface area contributed by atoms with Gasteiger partial charge in [-0.2, -0.15) is 0 Å². The Morgan fingerprint density at radius 2 is 2.29 bits per heavy atom. The minimum absolute atomic E-state index is 0.197. The number of hydrogen-bond donors (Lipinski definition) is 1. The third-order valence-electron chi connectivity index (χ3n) is 2.39. The van der Waals surface area contributed by atoms with Gasteiger partial charge in [-0.1, -0.05) is 6.07 Å². The molecule has 1 N–H and O–H groups in total. The molecule has 0 fully saturated rings. The SMILES string of the molecule is CCn1c(Br)cnc1COc1cccc(O)c1. The van der Waals surface area contributed by atoms with Crippen LogP contribution in [0.3, 0.4) is 0 Å². The van der Waals surface area contributed by atoms with E-state index in [4.69, 9.17) is 4.74 Å². The van der Waals surface area contributed by atoms with Crippen molar-refractivity contribution < 1.29 is 9.84 Å². The van der Waals surface area contributed by atoms with E-state index < -0.39 is 0 Å². The first kappa shape index (κ1) is 12.0. The summed E-state index contributed by atoms with van der Waals surface area (Å²) in [6.07, 6.45) is 1.75. The molecule has 0 aliphatic carbocycles. The standard InChI is InChI=1S/C12H13BrN2O2/c1-2-15-11(13)7-14-12(15)8-17-10-5-3-4-9(16)6-10/h3-7,16H,2,8H2,1H3. The second-order valence-electron chi connectivity index (χ2n) is 3.53. The lowest BCUT2D eigenvalue weighted by Crippen LogP contribution is -2.06. The highest BCUT2D eigenvalue weighted by molar-refractivity contribution is 9.10. The van der Waals surface area contributed by atoms with Crippen LogP contribution in [0.25, 0.3) is 0 Å². The Hall–Kier alpha value is -1.49. The van der Waals surface area contributed by atoms with E-state index >= 15 is 0 Å². The molecule has 0 spiro atoms. The monoisotopic (exact) mass is 296 g/mol. The van der Waals surface area contributed by atoms with E-state index in [2.05, 4.69) is 20.9 Å². The summed E-state index contributed by atoms with van der Waals surface area (Å²) >= 11 is 3.42. The van der Waals surface area contributed by atoms with Gasteiger partial charge in [0.15, 0.2) is 0 Å². The summed E-state index contributed by atoms with van der Waals surface area (Å²) in [6.45, 7) is 3.26. The molecule has 2 rings (SSSR count). The fraction of sp³-hybridized carbons (Fsp3) is 0.250. The van der Waals surface area contributed by atoms with Crippen LogP contribution in [0.5, 0.6) is 11.5 Å². The summed E-state index contributed by atoms with van der Waals surface area (Å²) in [6, 6.07) is 6.73. The zero-order valence-corrected chi connectivity index (χ0v) is 11.0. The maximum atomic E-state index is 9.31. The Morgan fingerprint density at radius 3 is 3.00 bits per heavy atom. The van der Waals surface area contributed by atoms with E-state index in [1.54, 1.807) is 30.5 Å². The van der Waals surface area contributed by atoms with Crippen molar-refractivity contribution in [2.45, 2.75) is 20.1 Å². The molecule has 0 bridgehead atoms. The number of ether oxygens (including phenoxy) is 1. The van der Waals surface area contributed by atoms with Crippen LogP contribution >= 0.6 is 15.9 Å². The first-order valence-corrected chi connectivity index (χ1v) is 6.11. The molecule has 0 saturated carbocycles. The van der Waals surface area contributed by atoms with Crippen LogP contribution in [-0.2, 0) is 13.2 Å². The predicted octanol–water partition coefficient (Wildman–Crippen LogP) is 2.95. The average Bonchev–Trinajstić information content (AvgIpc) is 2.67.